The lowest BCUT2D eigenvalue weighted by molar-refractivity contribution is -0.0695. The van der Waals surface area contributed by atoms with Crippen molar-refractivity contribution in [1.82, 2.24) is 4.90 Å². The number of amides is 1. The summed E-state index contributed by atoms with van der Waals surface area (Å²) in [7, 11) is 1.63. The Balaban J connectivity index is 2.95. The molecular weight excluding hydrogens is 258 g/mol. The summed E-state index contributed by atoms with van der Waals surface area (Å²) in [4.78, 5) is 14.1. The van der Waals surface area contributed by atoms with Crippen LogP contribution in [0.15, 0.2) is 12.7 Å². The third kappa shape index (κ3) is 3.96. The predicted molar refractivity (Wildman–Crippen MR) is 77.5 cm³/mol. The fourth-order valence-electron chi connectivity index (χ4n) is 2.35. The molecule has 5 heteroatoms. The molecule has 0 bridgehead atoms. The molecular formula is C15H27NO4. The maximum Gasteiger partial charge on any atom is 0.412 e. The zero-order chi connectivity index (χ0) is 15.6. The Bertz CT molecular complexity index is 359. The monoisotopic (exact) mass is 285 g/mol. The Hall–Kier alpha value is -1.07. The summed E-state index contributed by atoms with van der Waals surface area (Å²) in [5.74, 6) is 0. The van der Waals surface area contributed by atoms with E-state index in [4.69, 9.17) is 14.2 Å². The van der Waals surface area contributed by atoms with Crippen LogP contribution in [0.2, 0.25) is 0 Å². The van der Waals surface area contributed by atoms with Crippen LogP contribution in [0.3, 0.4) is 0 Å². The van der Waals surface area contributed by atoms with Gasteiger partial charge in [0.1, 0.15) is 11.3 Å². The van der Waals surface area contributed by atoms with Gasteiger partial charge in [0.15, 0.2) is 0 Å². The van der Waals surface area contributed by atoms with Crippen LogP contribution >= 0.6 is 0 Å². The lowest BCUT2D eigenvalue weighted by Crippen LogP contribution is -2.53. The Labute approximate surface area is 121 Å². The minimum absolute atomic E-state index is 0.151. The van der Waals surface area contributed by atoms with Gasteiger partial charge in [0.25, 0.3) is 0 Å². The zero-order valence-electron chi connectivity index (χ0n) is 13.4. The highest BCUT2D eigenvalue weighted by Crippen LogP contribution is 2.32. The fraction of sp³-hybridized carbons (Fsp3) is 0.800. The number of carbonyl (C=O) groups excluding carboxylic acids is 1. The molecule has 2 atom stereocenters. The van der Waals surface area contributed by atoms with Crippen molar-refractivity contribution in [3.8, 4) is 0 Å². The van der Waals surface area contributed by atoms with Crippen LogP contribution in [-0.4, -0.2) is 48.2 Å². The second kappa shape index (κ2) is 6.14. The van der Waals surface area contributed by atoms with E-state index in [0.717, 1.165) is 0 Å². The molecule has 116 valence electrons. The van der Waals surface area contributed by atoms with Gasteiger partial charge in [-0.1, -0.05) is 6.08 Å². The molecule has 1 aliphatic heterocycles. The summed E-state index contributed by atoms with van der Waals surface area (Å²) < 4.78 is 16.7. The summed E-state index contributed by atoms with van der Waals surface area (Å²) in [6, 6.07) is -0.178. The molecule has 1 aliphatic rings. The summed E-state index contributed by atoms with van der Waals surface area (Å²) in [5, 5.41) is 0. The second-order valence-corrected chi connectivity index (χ2v) is 6.47. The number of ether oxygens (including phenoxy) is 3. The number of carbonyl (C=O) groups is 1. The topological polar surface area (TPSA) is 48.0 Å². The van der Waals surface area contributed by atoms with Gasteiger partial charge in [0.2, 0.25) is 0 Å². The number of methoxy groups -OCH3 is 1. The summed E-state index contributed by atoms with van der Waals surface area (Å²) >= 11 is 0. The number of hydrogen-bond donors (Lipinski definition) is 0. The van der Waals surface area contributed by atoms with Crippen molar-refractivity contribution in [2.24, 2.45) is 0 Å². The van der Waals surface area contributed by atoms with Crippen molar-refractivity contribution in [2.75, 3.05) is 13.7 Å². The van der Waals surface area contributed by atoms with Crippen molar-refractivity contribution in [3.63, 3.8) is 0 Å². The van der Waals surface area contributed by atoms with Gasteiger partial charge in [-0.3, -0.25) is 4.90 Å². The molecule has 5 nitrogen and oxygen atoms in total. The Morgan fingerprint density at radius 2 is 2.15 bits per heavy atom. The number of hydrogen-bond acceptors (Lipinski definition) is 4. The van der Waals surface area contributed by atoms with Gasteiger partial charge in [-0.25, -0.2) is 4.79 Å². The van der Waals surface area contributed by atoms with Crippen LogP contribution in [-0.2, 0) is 14.2 Å². The second-order valence-electron chi connectivity index (χ2n) is 6.47. The van der Waals surface area contributed by atoms with Crippen LogP contribution in [0.5, 0.6) is 0 Å². The minimum atomic E-state index is -0.703. The van der Waals surface area contributed by atoms with Crippen molar-refractivity contribution in [2.45, 2.75) is 64.5 Å². The predicted octanol–water partition coefficient (Wildman–Crippen LogP) is 2.95. The van der Waals surface area contributed by atoms with Crippen LogP contribution in [0.4, 0.5) is 4.79 Å². The Morgan fingerprint density at radius 1 is 1.55 bits per heavy atom. The molecule has 0 N–H and O–H groups in total. The Morgan fingerprint density at radius 3 is 2.60 bits per heavy atom. The quantitative estimate of drug-likeness (QED) is 0.745. The lowest BCUT2D eigenvalue weighted by atomic mass is 10.1. The highest BCUT2D eigenvalue weighted by molar-refractivity contribution is 5.69. The average molecular weight is 285 g/mol. The molecule has 1 heterocycles. The minimum Gasteiger partial charge on any atom is -0.444 e. The molecule has 0 aliphatic carbocycles. The van der Waals surface area contributed by atoms with E-state index in [2.05, 4.69) is 6.58 Å². The molecule has 0 aromatic rings. The van der Waals surface area contributed by atoms with E-state index in [9.17, 15) is 4.79 Å². The highest BCUT2D eigenvalue weighted by atomic mass is 16.6. The third-order valence-corrected chi connectivity index (χ3v) is 3.24. The fourth-order valence-corrected chi connectivity index (χ4v) is 2.35. The average Bonchev–Trinajstić information content (AvgIpc) is 2.59. The van der Waals surface area contributed by atoms with E-state index in [1.54, 1.807) is 18.1 Å². The van der Waals surface area contributed by atoms with E-state index in [1.807, 2.05) is 34.6 Å². The lowest BCUT2D eigenvalue weighted by Gasteiger charge is -2.37. The molecule has 1 fully saturated rings. The normalized spacial score (nSPS) is 23.5. The maximum atomic E-state index is 12.5. The van der Waals surface area contributed by atoms with E-state index in [-0.39, 0.29) is 18.2 Å². The summed E-state index contributed by atoms with van der Waals surface area (Å²) in [5.41, 5.74) is -1.24. The zero-order valence-corrected chi connectivity index (χ0v) is 13.4. The van der Waals surface area contributed by atoms with Crippen LogP contribution in [0.25, 0.3) is 0 Å². The first-order valence-electron chi connectivity index (χ1n) is 6.92. The van der Waals surface area contributed by atoms with Gasteiger partial charge in [-0.15, -0.1) is 6.58 Å². The molecule has 20 heavy (non-hydrogen) atoms. The molecule has 0 spiro atoms. The molecule has 1 rings (SSSR count). The first kappa shape index (κ1) is 17.0. The first-order valence-corrected chi connectivity index (χ1v) is 6.92. The standard InChI is InChI=1S/C15H27NO4/c1-8-9-12(18-7)11-10-19-15(5,6)16(11)13(17)20-14(2,3)4/h8,11-12H,1,9-10H2,2-7H3/t11?,12-/m1/s1. The van der Waals surface area contributed by atoms with Crippen LogP contribution in [0, 0.1) is 0 Å². The van der Waals surface area contributed by atoms with Gasteiger partial charge in [-0.05, 0) is 41.0 Å². The SMILES string of the molecule is C=CC[C@@H](OC)C1COC(C)(C)N1C(=O)OC(C)(C)C. The molecule has 1 unspecified atom stereocenters. The summed E-state index contributed by atoms with van der Waals surface area (Å²) in [6.45, 7) is 13.4. The van der Waals surface area contributed by atoms with Crippen molar-refractivity contribution in [1.29, 1.82) is 0 Å². The van der Waals surface area contributed by atoms with Crippen LogP contribution < -0.4 is 0 Å². The number of rotatable bonds is 4. The Kier molecular flexibility index (Phi) is 5.21. The maximum absolute atomic E-state index is 12.5. The van der Waals surface area contributed by atoms with Gasteiger partial charge >= 0.3 is 6.09 Å². The van der Waals surface area contributed by atoms with Gasteiger partial charge in [0, 0.05) is 7.11 Å². The highest BCUT2D eigenvalue weighted by Gasteiger charge is 2.48. The van der Waals surface area contributed by atoms with E-state index < -0.39 is 11.3 Å². The molecule has 0 aromatic heterocycles. The molecule has 1 amide bonds. The van der Waals surface area contributed by atoms with E-state index in [0.29, 0.717) is 13.0 Å². The van der Waals surface area contributed by atoms with Gasteiger partial charge in [0.05, 0.1) is 18.8 Å². The van der Waals surface area contributed by atoms with Crippen molar-refractivity contribution in [3.05, 3.63) is 12.7 Å². The van der Waals surface area contributed by atoms with Crippen molar-refractivity contribution >= 4 is 6.09 Å². The van der Waals surface area contributed by atoms with E-state index >= 15 is 0 Å². The van der Waals surface area contributed by atoms with Gasteiger partial charge in [-0.2, -0.15) is 0 Å². The number of nitrogens with zero attached hydrogens (tertiary/aromatic N) is 1. The smallest absolute Gasteiger partial charge is 0.412 e. The molecule has 0 aromatic carbocycles. The summed E-state index contributed by atoms with van der Waals surface area (Å²) in [6.07, 6.45) is 1.91. The largest absolute Gasteiger partial charge is 0.444 e. The first-order chi connectivity index (χ1) is 9.12. The molecule has 0 radical (unpaired) electrons. The molecule has 1 saturated heterocycles. The van der Waals surface area contributed by atoms with E-state index in [1.165, 1.54) is 0 Å². The third-order valence-electron chi connectivity index (χ3n) is 3.24. The molecule has 0 saturated carbocycles. The van der Waals surface area contributed by atoms with Crippen molar-refractivity contribution < 1.29 is 19.0 Å². The van der Waals surface area contributed by atoms with Gasteiger partial charge < -0.3 is 14.2 Å². The van der Waals surface area contributed by atoms with Crippen LogP contribution in [0.1, 0.15) is 41.0 Å².